The SMILES string of the molecule is CC(=O)N1CCc2c(Cl)cccc21. The minimum absolute atomic E-state index is 0.0843. The van der Waals surface area contributed by atoms with E-state index in [0.717, 1.165) is 29.2 Å². The van der Waals surface area contributed by atoms with Gasteiger partial charge in [-0.2, -0.15) is 0 Å². The van der Waals surface area contributed by atoms with Crippen LogP contribution >= 0.6 is 11.6 Å². The third-order valence-electron chi connectivity index (χ3n) is 2.35. The Balaban J connectivity index is 2.49. The minimum atomic E-state index is 0.0843. The molecule has 0 spiro atoms. The van der Waals surface area contributed by atoms with Gasteiger partial charge in [-0.3, -0.25) is 4.79 Å². The number of rotatable bonds is 0. The Morgan fingerprint density at radius 3 is 3.00 bits per heavy atom. The standard InChI is InChI=1S/C10H10ClNO/c1-7(13)12-6-5-8-9(11)3-2-4-10(8)12/h2-4H,5-6H2,1H3. The number of nitrogens with zero attached hydrogens (tertiary/aromatic N) is 1. The largest absolute Gasteiger partial charge is 0.312 e. The number of hydrogen-bond donors (Lipinski definition) is 0. The van der Waals surface area contributed by atoms with E-state index in [4.69, 9.17) is 11.6 Å². The van der Waals surface area contributed by atoms with Crippen molar-refractivity contribution < 1.29 is 4.79 Å². The zero-order valence-corrected chi connectivity index (χ0v) is 8.14. The Kier molecular flexibility index (Phi) is 2.00. The average molecular weight is 196 g/mol. The Morgan fingerprint density at radius 2 is 2.31 bits per heavy atom. The lowest BCUT2D eigenvalue weighted by Crippen LogP contribution is -2.25. The molecule has 1 aliphatic heterocycles. The highest BCUT2D eigenvalue weighted by atomic mass is 35.5. The van der Waals surface area contributed by atoms with Crippen LogP contribution in [-0.4, -0.2) is 12.5 Å². The molecule has 2 rings (SSSR count). The maximum atomic E-state index is 11.2. The highest BCUT2D eigenvalue weighted by Gasteiger charge is 2.23. The summed E-state index contributed by atoms with van der Waals surface area (Å²) in [6.07, 6.45) is 0.870. The topological polar surface area (TPSA) is 20.3 Å². The molecule has 0 aliphatic carbocycles. The van der Waals surface area contributed by atoms with Gasteiger partial charge in [0.05, 0.1) is 0 Å². The number of amides is 1. The van der Waals surface area contributed by atoms with Crippen LogP contribution in [-0.2, 0) is 11.2 Å². The van der Waals surface area contributed by atoms with Crippen molar-refractivity contribution in [1.29, 1.82) is 0 Å². The van der Waals surface area contributed by atoms with E-state index in [1.165, 1.54) is 0 Å². The molecule has 0 bridgehead atoms. The Bertz CT molecular complexity index is 362. The zero-order chi connectivity index (χ0) is 9.42. The van der Waals surface area contributed by atoms with Gasteiger partial charge in [0, 0.05) is 24.2 Å². The first-order valence-electron chi connectivity index (χ1n) is 4.25. The summed E-state index contributed by atoms with van der Waals surface area (Å²) in [7, 11) is 0. The quantitative estimate of drug-likeness (QED) is 0.622. The second-order valence-corrected chi connectivity index (χ2v) is 3.57. The van der Waals surface area contributed by atoms with Gasteiger partial charge in [-0.05, 0) is 24.1 Å². The van der Waals surface area contributed by atoms with E-state index in [-0.39, 0.29) is 5.91 Å². The number of fused-ring (bicyclic) bond motifs is 1. The van der Waals surface area contributed by atoms with Crippen LogP contribution in [0.25, 0.3) is 0 Å². The van der Waals surface area contributed by atoms with E-state index in [9.17, 15) is 4.79 Å². The average Bonchev–Trinajstić information content (AvgIpc) is 2.48. The molecular weight excluding hydrogens is 186 g/mol. The van der Waals surface area contributed by atoms with Gasteiger partial charge in [-0.25, -0.2) is 0 Å². The number of anilines is 1. The third-order valence-corrected chi connectivity index (χ3v) is 2.70. The van der Waals surface area contributed by atoms with Crippen LogP contribution in [0.2, 0.25) is 5.02 Å². The van der Waals surface area contributed by atoms with Gasteiger partial charge < -0.3 is 4.90 Å². The van der Waals surface area contributed by atoms with Crippen LogP contribution < -0.4 is 4.90 Å². The molecule has 0 saturated carbocycles. The lowest BCUT2D eigenvalue weighted by Gasteiger charge is -2.14. The van der Waals surface area contributed by atoms with Gasteiger partial charge in [0.25, 0.3) is 0 Å². The number of hydrogen-bond acceptors (Lipinski definition) is 1. The van der Waals surface area contributed by atoms with Crippen LogP contribution in [0.1, 0.15) is 12.5 Å². The van der Waals surface area contributed by atoms with Crippen molar-refractivity contribution in [2.45, 2.75) is 13.3 Å². The molecule has 13 heavy (non-hydrogen) atoms. The summed E-state index contributed by atoms with van der Waals surface area (Å²) in [6, 6.07) is 5.68. The summed E-state index contributed by atoms with van der Waals surface area (Å²) in [4.78, 5) is 13.0. The van der Waals surface area contributed by atoms with Crippen LogP contribution in [0, 0.1) is 0 Å². The fraction of sp³-hybridized carbons (Fsp3) is 0.300. The molecule has 68 valence electrons. The van der Waals surface area contributed by atoms with Crippen LogP contribution in [0.4, 0.5) is 5.69 Å². The molecule has 1 aromatic rings. The van der Waals surface area contributed by atoms with E-state index in [1.807, 2.05) is 18.2 Å². The highest BCUT2D eigenvalue weighted by Crippen LogP contribution is 2.32. The van der Waals surface area contributed by atoms with E-state index in [0.29, 0.717) is 0 Å². The van der Waals surface area contributed by atoms with Gasteiger partial charge in [-0.1, -0.05) is 17.7 Å². The first kappa shape index (κ1) is 8.57. The molecule has 0 aromatic heterocycles. The summed E-state index contributed by atoms with van der Waals surface area (Å²) in [6.45, 7) is 2.34. The molecule has 0 saturated heterocycles. The fourth-order valence-corrected chi connectivity index (χ4v) is 1.98. The van der Waals surface area contributed by atoms with E-state index >= 15 is 0 Å². The van der Waals surface area contributed by atoms with E-state index < -0.39 is 0 Å². The van der Waals surface area contributed by atoms with Crippen molar-refractivity contribution in [2.24, 2.45) is 0 Å². The van der Waals surface area contributed by atoms with E-state index in [1.54, 1.807) is 11.8 Å². The molecular formula is C10H10ClNO. The molecule has 1 aromatic carbocycles. The smallest absolute Gasteiger partial charge is 0.223 e. The first-order valence-corrected chi connectivity index (χ1v) is 4.63. The van der Waals surface area contributed by atoms with Crippen molar-refractivity contribution in [3.63, 3.8) is 0 Å². The summed E-state index contributed by atoms with van der Waals surface area (Å²) in [5, 5.41) is 0.765. The van der Waals surface area contributed by atoms with Gasteiger partial charge >= 0.3 is 0 Å². The molecule has 1 heterocycles. The lowest BCUT2D eigenvalue weighted by atomic mass is 10.2. The molecule has 3 heteroatoms. The van der Waals surface area contributed by atoms with Crippen molar-refractivity contribution in [3.05, 3.63) is 28.8 Å². The minimum Gasteiger partial charge on any atom is -0.312 e. The van der Waals surface area contributed by atoms with Crippen molar-refractivity contribution in [1.82, 2.24) is 0 Å². The van der Waals surface area contributed by atoms with Gasteiger partial charge in [0.15, 0.2) is 0 Å². The molecule has 0 fully saturated rings. The Labute approximate surface area is 82.1 Å². The van der Waals surface area contributed by atoms with Gasteiger partial charge in [0.1, 0.15) is 0 Å². The van der Waals surface area contributed by atoms with Crippen molar-refractivity contribution in [2.75, 3.05) is 11.4 Å². The molecule has 1 amide bonds. The Hall–Kier alpha value is -1.02. The van der Waals surface area contributed by atoms with Crippen LogP contribution in [0.3, 0.4) is 0 Å². The van der Waals surface area contributed by atoms with Crippen molar-refractivity contribution in [3.8, 4) is 0 Å². The molecule has 0 radical (unpaired) electrons. The second-order valence-electron chi connectivity index (χ2n) is 3.16. The first-order chi connectivity index (χ1) is 6.20. The summed E-state index contributed by atoms with van der Waals surface area (Å²) >= 11 is 6.00. The van der Waals surface area contributed by atoms with Crippen molar-refractivity contribution >= 4 is 23.2 Å². The number of halogens is 1. The zero-order valence-electron chi connectivity index (χ0n) is 7.38. The molecule has 0 N–H and O–H groups in total. The number of benzene rings is 1. The van der Waals surface area contributed by atoms with Gasteiger partial charge in [0.2, 0.25) is 5.91 Å². The van der Waals surface area contributed by atoms with Gasteiger partial charge in [-0.15, -0.1) is 0 Å². The second kappa shape index (κ2) is 3.04. The number of carbonyl (C=O) groups excluding carboxylic acids is 1. The summed E-state index contributed by atoms with van der Waals surface area (Å²) < 4.78 is 0. The fourth-order valence-electron chi connectivity index (χ4n) is 1.72. The molecule has 1 aliphatic rings. The lowest BCUT2D eigenvalue weighted by molar-refractivity contribution is -0.116. The monoisotopic (exact) mass is 195 g/mol. The van der Waals surface area contributed by atoms with Crippen LogP contribution in [0.5, 0.6) is 0 Å². The predicted octanol–water partition coefficient (Wildman–Crippen LogP) is 2.25. The molecule has 2 nitrogen and oxygen atoms in total. The molecule has 0 atom stereocenters. The predicted molar refractivity (Wildman–Crippen MR) is 53.2 cm³/mol. The number of carbonyl (C=O) groups is 1. The maximum Gasteiger partial charge on any atom is 0.223 e. The maximum absolute atomic E-state index is 11.2. The summed E-state index contributed by atoms with van der Waals surface area (Å²) in [5.74, 6) is 0.0843. The van der Waals surface area contributed by atoms with E-state index in [2.05, 4.69) is 0 Å². The third kappa shape index (κ3) is 1.31. The Morgan fingerprint density at radius 1 is 1.54 bits per heavy atom. The highest BCUT2D eigenvalue weighted by molar-refractivity contribution is 6.32. The summed E-state index contributed by atoms with van der Waals surface area (Å²) in [5.41, 5.74) is 2.07. The normalized spacial score (nSPS) is 14.5. The molecule has 0 unspecified atom stereocenters. The van der Waals surface area contributed by atoms with Crippen LogP contribution in [0.15, 0.2) is 18.2 Å².